The molecule has 2 aromatic carbocycles. The Balaban J connectivity index is 1.85. The van der Waals surface area contributed by atoms with Crippen molar-refractivity contribution in [1.29, 1.82) is 0 Å². The predicted molar refractivity (Wildman–Crippen MR) is 122 cm³/mol. The number of nitrogens with one attached hydrogen (secondary N) is 2. The lowest BCUT2D eigenvalue weighted by atomic mass is 10.1. The summed E-state index contributed by atoms with van der Waals surface area (Å²) in [6.07, 6.45) is 0. The van der Waals surface area contributed by atoms with Gasteiger partial charge in [-0.1, -0.05) is 0 Å². The highest BCUT2D eigenvalue weighted by Gasteiger charge is 2.12. The second-order valence-corrected chi connectivity index (χ2v) is 7.51. The molecule has 0 aliphatic rings. The summed E-state index contributed by atoms with van der Waals surface area (Å²) in [5.41, 5.74) is 2.69. The number of nitrogens with zero attached hydrogens (tertiary/aromatic N) is 2. The van der Waals surface area contributed by atoms with Gasteiger partial charge in [0.2, 0.25) is 0 Å². The first-order valence-electron chi connectivity index (χ1n) is 9.80. The van der Waals surface area contributed by atoms with E-state index in [-0.39, 0.29) is 11.5 Å². The van der Waals surface area contributed by atoms with E-state index in [0.717, 1.165) is 12.2 Å². The molecule has 0 fully saturated rings. The van der Waals surface area contributed by atoms with Crippen LogP contribution in [0.3, 0.4) is 0 Å². The summed E-state index contributed by atoms with van der Waals surface area (Å²) in [5.74, 6) is -0.241. The molecule has 0 unspecified atom stereocenters. The van der Waals surface area contributed by atoms with Crippen molar-refractivity contribution in [3.63, 3.8) is 0 Å². The molecule has 29 heavy (non-hydrogen) atoms. The predicted octanol–water partition coefficient (Wildman–Crippen LogP) is 4.57. The number of aromatic amines is 1. The van der Waals surface area contributed by atoms with Gasteiger partial charge < -0.3 is 15.2 Å². The van der Waals surface area contributed by atoms with Crippen molar-refractivity contribution in [1.82, 2.24) is 9.55 Å². The molecular weight excluding hydrogens is 384 g/mol. The van der Waals surface area contributed by atoms with E-state index >= 15 is 0 Å². The Hall–Kier alpha value is -2.93. The van der Waals surface area contributed by atoms with Gasteiger partial charge in [-0.3, -0.25) is 14.2 Å². The van der Waals surface area contributed by atoms with E-state index in [1.807, 2.05) is 31.2 Å². The topological polar surface area (TPSA) is 70.1 Å². The molecule has 1 aromatic heterocycles. The van der Waals surface area contributed by atoms with Crippen molar-refractivity contribution in [2.45, 2.75) is 40.3 Å². The van der Waals surface area contributed by atoms with E-state index in [0.29, 0.717) is 39.5 Å². The minimum absolute atomic E-state index is 0.153. The van der Waals surface area contributed by atoms with E-state index in [2.05, 4.69) is 36.0 Å². The molecular formula is C22H26N4O2S. The zero-order valence-corrected chi connectivity index (χ0v) is 18.0. The Kier molecular flexibility index (Phi) is 6.17. The summed E-state index contributed by atoms with van der Waals surface area (Å²) in [5, 5.41) is 3.42. The molecule has 1 amide bonds. The van der Waals surface area contributed by atoms with E-state index in [1.54, 1.807) is 18.2 Å². The summed E-state index contributed by atoms with van der Waals surface area (Å²) >= 11 is 5.24. The first kappa shape index (κ1) is 20.8. The van der Waals surface area contributed by atoms with E-state index in [9.17, 15) is 9.59 Å². The number of hydrogen-bond donors (Lipinski definition) is 2. The van der Waals surface area contributed by atoms with Crippen LogP contribution >= 0.6 is 12.2 Å². The standard InChI is InChI=1S/C22H26N4O2S/c1-5-25(14(3)4)17-10-8-16(9-11-17)23-20(27)15-7-12-18-19(13-15)24-22(29)26(6-2)21(18)28/h7-14H,5-6H2,1-4H3,(H,23,27)(H,24,29). The molecule has 3 aromatic rings. The number of benzene rings is 2. The van der Waals surface area contributed by atoms with Gasteiger partial charge in [-0.15, -0.1) is 0 Å². The maximum absolute atomic E-state index is 12.7. The summed E-state index contributed by atoms with van der Waals surface area (Å²) in [6, 6.07) is 13.2. The third-order valence-electron chi connectivity index (χ3n) is 4.98. The SMILES string of the molecule is CCN(c1ccc(NC(=O)c2ccc3c(=O)n(CC)c(=S)[nH]c3c2)cc1)C(C)C. The molecule has 0 atom stereocenters. The fourth-order valence-electron chi connectivity index (χ4n) is 3.47. The molecule has 0 radical (unpaired) electrons. The fourth-order valence-corrected chi connectivity index (χ4v) is 3.79. The Bertz CT molecular complexity index is 1150. The lowest BCUT2D eigenvalue weighted by molar-refractivity contribution is 0.102. The van der Waals surface area contributed by atoms with Crippen LogP contribution in [0.15, 0.2) is 47.3 Å². The van der Waals surface area contributed by atoms with E-state index < -0.39 is 0 Å². The number of aromatic nitrogens is 2. The number of hydrogen-bond acceptors (Lipinski definition) is 4. The lowest BCUT2D eigenvalue weighted by Gasteiger charge is -2.27. The minimum Gasteiger partial charge on any atom is -0.369 e. The number of fused-ring (bicyclic) bond motifs is 1. The molecule has 1 heterocycles. The van der Waals surface area contributed by atoms with Crippen LogP contribution in [-0.2, 0) is 6.54 Å². The average Bonchev–Trinajstić information content (AvgIpc) is 2.69. The average molecular weight is 411 g/mol. The van der Waals surface area contributed by atoms with Crippen LogP contribution in [0, 0.1) is 4.77 Å². The van der Waals surface area contributed by atoms with Crippen molar-refractivity contribution in [3.8, 4) is 0 Å². The molecule has 6 nitrogen and oxygen atoms in total. The quantitative estimate of drug-likeness (QED) is 0.584. The van der Waals surface area contributed by atoms with Crippen molar-refractivity contribution < 1.29 is 4.79 Å². The second kappa shape index (κ2) is 8.61. The molecule has 0 aliphatic heterocycles. The summed E-state index contributed by atoms with van der Waals surface area (Å²) in [4.78, 5) is 30.5. The van der Waals surface area contributed by atoms with Gasteiger partial charge in [0.15, 0.2) is 4.77 Å². The smallest absolute Gasteiger partial charge is 0.262 e. The van der Waals surface area contributed by atoms with Gasteiger partial charge in [0.1, 0.15) is 0 Å². The van der Waals surface area contributed by atoms with E-state index in [4.69, 9.17) is 12.2 Å². The van der Waals surface area contributed by atoms with Crippen LogP contribution in [0.4, 0.5) is 11.4 Å². The van der Waals surface area contributed by atoms with Crippen molar-refractivity contribution in [2.24, 2.45) is 0 Å². The maximum Gasteiger partial charge on any atom is 0.262 e. The Morgan fingerprint density at radius 2 is 1.86 bits per heavy atom. The van der Waals surface area contributed by atoms with Gasteiger partial charge in [-0.2, -0.15) is 0 Å². The zero-order chi connectivity index (χ0) is 21.1. The molecule has 0 saturated heterocycles. The third-order valence-corrected chi connectivity index (χ3v) is 5.30. The number of carbonyl (C=O) groups is 1. The molecule has 0 saturated carbocycles. The lowest BCUT2D eigenvalue weighted by Crippen LogP contribution is -2.30. The molecule has 0 bridgehead atoms. The highest BCUT2D eigenvalue weighted by Crippen LogP contribution is 2.20. The first-order valence-corrected chi connectivity index (χ1v) is 10.2. The molecule has 7 heteroatoms. The maximum atomic E-state index is 12.7. The van der Waals surface area contributed by atoms with Gasteiger partial charge >= 0.3 is 0 Å². The van der Waals surface area contributed by atoms with Gasteiger partial charge in [0.05, 0.1) is 10.9 Å². The van der Waals surface area contributed by atoms with Gasteiger partial charge in [0.25, 0.3) is 11.5 Å². The summed E-state index contributed by atoms with van der Waals surface area (Å²) in [6.45, 7) is 9.70. The Labute approximate surface area is 175 Å². The monoisotopic (exact) mass is 410 g/mol. The van der Waals surface area contributed by atoms with Crippen molar-refractivity contribution in [3.05, 3.63) is 63.2 Å². The minimum atomic E-state index is -0.241. The molecule has 152 valence electrons. The molecule has 0 spiro atoms. The van der Waals surface area contributed by atoms with Gasteiger partial charge in [-0.25, -0.2) is 0 Å². The normalized spacial score (nSPS) is 11.1. The highest BCUT2D eigenvalue weighted by molar-refractivity contribution is 7.71. The molecule has 3 rings (SSSR count). The second-order valence-electron chi connectivity index (χ2n) is 7.12. The van der Waals surface area contributed by atoms with Crippen molar-refractivity contribution >= 4 is 40.4 Å². The number of rotatable bonds is 6. The summed E-state index contributed by atoms with van der Waals surface area (Å²) < 4.78 is 1.85. The number of anilines is 2. The van der Waals surface area contributed by atoms with Gasteiger partial charge in [0, 0.05) is 36.1 Å². The highest BCUT2D eigenvalue weighted by atomic mass is 32.1. The largest absolute Gasteiger partial charge is 0.369 e. The van der Waals surface area contributed by atoms with Crippen LogP contribution in [0.25, 0.3) is 10.9 Å². The van der Waals surface area contributed by atoms with Crippen LogP contribution in [0.5, 0.6) is 0 Å². The number of carbonyl (C=O) groups excluding carboxylic acids is 1. The zero-order valence-electron chi connectivity index (χ0n) is 17.2. The van der Waals surface area contributed by atoms with E-state index in [1.165, 1.54) is 4.57 Å². The Morgan fingerprint density at radius 3 is 2.45 bits per heavy atom. The van der Waals surface area contributed by atoms with Gasteiger partial charge in [-0.05, 0) is 82.4 Å². The molecule has 2 N–H and O–H groups in total. The van der Waals surface area contributed by atoms with Crippen LogP contribution < -0.4 is 15.8 Å². The third kappa shape index (κ3) is 4.24. The Morgan fingerprint density at radius 1 is 1.17 bits per heavy atom. The number of amides is 1. The van der Waals surface area contributed by atoms with Crippen LogP contribution in [-0.4, -0.2) is 28.0 Å². The first-order chi connectivity index (χ1) is 13.8. The summed E-state index contributed by atoms with van der Waals surface area (Å²) in [7, 11) is 0. The van der Waals surface area contributed by atoms with Crippen LogP contribution in [0.2, 0.25) is 0 Å². The van der Waals surface area contributed by atoms with Crippen LogP contribution in [0.1, 0.15) is 38.1 Å². The van der Waals surface area contributed by atoms with Crippen molar-refractivity contribution in [2.75, 3.05) is 16.8 Å². The fraction of sp³-hybridized carbons (Fsp3) is 0.318. The molecule has 0 aliphatic carbocycles. The number of H-pyrrole nitrogens is 1.